The van der Waals surface area contributed by atoms with Gasteiger partial charge in [0.05, 0.1) is 4.99 Å². The van der Waals surface area contributed by atoms with Gasteiger partial charge in [-0.3, -0.25) is 0 Å². The molecule has 0 unspecified atom stereocenters. The molecular formula is C7H16N2S. The van der Waals surface area contributed by atoms with E-state index >= 15 is 0 Å². The predicted octanol–water partition coefficient (Wildman–Crippen LogP) is 1.05. The van der Waals surface area contributed by atoms with E-state index in [9.17, 15) is 0 Å². The fraction of sp³-hybridized carbons (Fsp3) is 0.857. The van der Waals surface area contributed by atoms with Crippen LogP contribution in [0.4, 0.5) is 0 Å². The van der Waals surface area contributed by atoms with E-state index in [4.69, 9.17) is 18.0 Å². The summed E-state index contributed by atoms with van der Waals surface area (Å²) in [5, 5.41) is 3.25. The lowest BCUT2D eigenvalue weighted by atomic mass is 10.3. The van der Waals surface area contributed by atoms with E-state index in [2.05, 4.69) is 12.2 Å². The normalized spacial score (nSPS) is 9.70. The van der Waals surface area contributed by atoms with Gasteiger partial charge in [0.25, 0.3) is 0 Å². The molecule has 0 aliphatic carbocycles. The Labute approximate surface area is 68.2 Å². The second-order valence-electron chi connectivity index (χ2n) is 2.32. The number of rotatable bonds is 6. The van der Waals surface area contributed by atoms with Crippen LogP contribution in [-0.4, -0.2) is 18.1 Å². The summed E-state index contributed by atoms with van der Waals surface area (Å²) in [5.41, 5.74) is 5.30. The van der Waals surface area contributed by atoms with Gasteiger partial charge in [-0.2, -0.15) is 0 Å². The Balaban J connectivity index is 2.84. The number of nitrogens with one attached hydrogen (secondary N) is 1. The van der Waals surface area contributed by atoms with Crippen LogP contribution in [0.25, 0.3) is 0 Å². The highest BCUT2D eigenvalue weighted by atomic mass is 32.1. The Hall–Kier alpha value is -0.150. The topological polar surface area (TPSA) is 38.0 Å². The van der Waals surface area contributed by atoms with Gasteiger partial charge in [0.15, 0.2) is 0 Å². The Morgan fingerprint density at radius 3 is 2.70 bits per heavy atom. The van der Waals surface area contributed by atoms with Gasteiger partial charge in [0, 0.05) is 13.0 Å². The molecule has 0 spiro atoms. The van der Waals surface area contributed by atoms with Crippen molar-refractivity contribution < 1.29 is 0 Å². The van der Waals surface area contributed by atoms with Crippen LogP contribution in [0.15, 0.2) is 0 Å². The lowest BCUT2D eigenvalue weighted by Gasteiger charge is -2.00. The summed E-state index contributed by atoms with van der Waals surface area (Å²) in [4.78, 5) is 0.601. The zero-order chi connectivity index (χ0) is 7.82. The molecule has 0 aromatic rings. The second kappa shape index (κ2) is 6.96. The van der Waals surface area contributed by atoms with Gasteiger partial charge < -0.3 is 11.1 Å². The number of thiocarbonyl (C=S) groups is 1. The van der Waals surface area contributed by atoms with Crippen LogP contribution in [0, 0.1) is 0 Å². The smallest absolute Gasteiger partial charge is 0.0740 e. The summed E-state index contributed by atoms with van der Waals surface area (Å²) in [6, 6.07) is 0. The van der Waals surface area contributed by atoms with Crippen molar-refractivity contribution in [1.29, 1.82) is 0 Å². The highest BCUT2D eigenvalue weighted by molar-refractivity contribution is 7.80. The molecule has 10 heavy (non-hydrogen) atoms. The van der Waals surface area contributed by atoms with Crippen LogP contribution >= 0.6 is 12.2 Å². The van der Waals surface area contributed by atoms with Crippen molar-refractivity contribution in [2.24, 2.45) is 5.73 Å². The van der Waals surface area contributed by atoms with Gasteiger partial charge in [-0.15, -0.1) is 0 Å². The van der Waals surface area contributed by atoms with Gasteiger partial charge in [-0.05, 0) is 13.0 Å². The number of unbranched alkanes of at least 4 members (excludes halogenated alkanes) is 1. The minimum absolute atomic E-state index is 0.601. The van der Waals surface area contributed by atoms with Crippen LogP contribution in [0.2, 0.25) is 0 Å². The molecule has 0 bridgehead atoms. The van der Waals surface area contributed by atoms with E-state index in [-0.39, 0.29) is 0 Å². The second-order valence-corrected chi connectivity index (χ2v) is 2.84. The van der Waals surface area contributed by atoms with E-state index in [1.165, 1.54) is 12.8 Å². The van der Waals surface area contributed by atoms with Gasteiger partial charge >= 0.3 is 0 Å². The molecule has 0 saturated carbocycles. The number of hydrogen-bond acceptors (Lipinski definition) is 2. The predicted molar refractivity (Wildman–Crippen MR) is 49.2 cm³/mol. The monoisotopic (exact) mass is 160 g/mol. The molecule has 0 radical (unpaired) electrons. The van der Waals surface area contributed by atoms with Crippen molar-refractivity contribution in [2.75, 3.05) is 13.1 Å². The van der Waals surface area contributed by atoms with E-state index < -0.39 is 0 Å². The minimum Gasteiger partial charge on any atom is -0.393 e. The fourth-order valence-electron chi connectivity index (χ4n) is 0.638. The zero-order valence-corrected chi connectivity index (χ0v) is 7.34. The third kappa shape index (κ3) is 7.85. The molecule has 0 fully saturated rings. The lowest BCUT2D eigenvalue weighted by molar-refractivity contribution is 0.651. The molecule has 0 aliphatic rings. The molecule has 0 atom stereocenters. The maximum absolute atomic E-state index is 5.30. The van der Waals surface area contributed by atoms with Crippen molar-refractivity contribution in [3.05, 3.63) is 0 Å². The molecule has 0 heterocycles. The van der Waals surface area contributed by atoms with Crippen molar-refractivity contribution in [2.45, 2.75) is 26.2 Å². The first-order valence-corrected chi connectivity index (χ1v) is 4.17. The molecule has 3 heteroatoms. The van der Waals surface area contributed by atoms with Gasteiger partial charge in [-0.1, -0.05) is 25.6 Å². The van der Waals surface area contributed by atoms with E-state index in [0.717, 1.165) is 19.5 Å². The van der Waals surface area contributed by atoms with Crippen LogP contribution < -0.4 is 11.1 Å². The van der Waals surface area contributed by atoms with E-state index in [0.29, 0.717) is 4.99 Å². The summed E-state index contributed by atoms with van der Waals surface area (Å²) >= 11 is 4.71. The van der Waals surface area contributed by atoms with Gasteiger partial charge in [-0.25, -0.2) is 0 Å². The van der Waals surface area contributed by atoms with Crippen molar-refractivity contribution >= 4 is 17.2 Å². The third-order valence-electron chi connectivity index (χ3n) is 1.26. The first kappa shape index (κ1) is 9.85. The zero-order valence-electron chi connectivity index (χ0n) is 6.52. The van der Waals surface area contributed by atoms with Crippen LogP contribution in [0.5, 0.6) is 0 Å². The molecule has 0 aromatic heterocycles. The van der Waals surface area contributed by atoms with Crippen molar-refractivity contribution in [3.63, 3.8) is 0 Å². The molecule has 60 valence electrons. The summed E-state index contributed by atoms with van der Waals surface area (Å²) in [5.74, 6) is 0. The molecule has 0 rings (SSSR count). The third-order valence-corrected chi connectivity index (χ3v) is 1.46. The molecule has 0 aliphatic heterocycles. The van der Waals surface area contributed by atoms with E-state index in [1.54, 1.807) is 0 Å². The maximum Gasteiger partial charge on any atom is 0.0740 e. The molecule has 3 N–H and O–H groups in total. The standard InChI is InChI=1S/C7H16N2S/c1-2-3-5-9-6-4-7(8)10/h9H,2-6H2,1H3,(H2,8,10). The highest BCUT2D eigenvalue weighted by Crippen LogP contribution is 1.83. The van der Waals surface area contributed by atoms with Crippen molar-refractivity contribution in [3.8, 4) is 0 Å². The van der Waals surface area contributed by atoms with Crippen molar-refractivity contribution in [1.82, 2.24) is 5.32 Å². The van der Waals surface area contributed by atoms with Gasteiger partial charge in [0.1, 0.15) is 0 Å². The lowest BCUT2D eigenvalue weighted by Crippen LogP contribution is -2.21. The Morgan fingerprint density at radius 2 is 2.20 bits per heavy atom. The Bertz CT molecular complexity index is 93.6. The van der Waals surface area contributed by atoms with Gasteiger partial charge in [0.2, 0.25) is 0 Å². The van der Waals surface area contributed by atoms with Crippen LogP contribution in [-0.2, 0) is 0 Å². The maximum atomic E-state index is 5.30. The van der Waals surface area contributed by atoms with E-state index in [1.807, 2.05) is 0 Å². The summed E-state index contributed by atoms with van der Waals surface area (Å²) in [6.07, 6.45) is 3.29. The first-order valence-electron chi connectivity index (χ1n) is 3.76. The summed E-state index contributed by atoms with van der Waals surface area (Å²) < 4.78 is 0. The first-order chi connectivity index (χ1) is 4.77. The van der Waals surface area contributed by atoms with Crippen LogP contribution in [0.3, 0.4) is 0 Å². The highest BCUT2D eigenvalue weighted by Gasteiger charge is 1.88. The fourth-order valence-corrected chi connectivity index (χ4v) is 0.740. The summed E-state index contributed by atoms with van der Waals surface area (Å²) in [6.45, 7) is 4.18. The average Bonchev–Trinajstić information content (AvgIpc) is 1.87. The molecule has 2 nitrogen and oxygen atoms in total. The molecule has 0 amide bonds. The minimum atomic E-state index is 0.601. The van der Waals surface area contributed by atoms with Crippen LogP contribution in [0.1, 0.15) is 26.2 Å². The average molecular weight is 160 g/mol. The Morgan fingerprint density at radius 1 is 1.50 bits per heavy atom. The molecule has 0 aromatic carbocycles. The summed E-state index contributed by atoms with van der Waals surface area (Å²) in [7, 11) is 0. The number of hydrogen-bond donors (Lipinski definition) is 2. The number of nitrogens with two attached hydrogens (primary N) is 1. The largest absolute Gasteiger partial charge is 0.393 e. The molecular weight excluding hydrogens is 144 g/mol. The quantitative estimate of drug-likeness (QED) is 0.450. The SMILES string of the molecule is CCCCNCCC(N)=S. The Kier molecular flexibility index (Phi) is 6.86. The molecule has 0 saturated heterocycles.